The summed E-state index contributed by atoms with van der Waals surface area (Å²) >= 11 is 5.42. The minimum atomic E-state index is -3.05. The minimum Gasteiger partial charge on any atom is -0.481 e. The van der Waals surface area contributed by atoms with Gasteiger partial charge in [0, 0.05) is 0 Å². The lowest BCUT2D eigenvalue weighted by Crippen LogP contribution is -2.08. The van der Waals surface area contributed by atoms with E-state index in [0.717, 1.165) is 6.07 Å². The van der Waals surface area contributed by atoms with Crippen LogP contribution >= 0.6 is 11.6 Å². The molecule has 1 heterocycles. The first-order valence-electron chi connectivity index (χ1n) is 4.19. The standard InChI is InChI=1S/C9H7ClF3NO2/c10-3-6-4(2-7(15)16)1-5(11)8(14-6)9(12)13/h1,9H,2-3H2,(H,15,16). The van der Waals surface area contributed by atoms with Gasteiger partial charge in [0.15, 0.2) is 5.82 Å². The van der Waals surface area contributed by atoms with Gasteiger partial charge in [-0.3, -0.25) is 4.79 Å². The van der Waals surface area contributed by atoms with Gasteiger partial charge in [0.05, 0.1) is 18.0 Å². The SMILES string of the molecule is O=C(O)Cc1cc(F)c(C(F)F)nc1CCl. The van der Waals surface area contributed by atoms with E-state index < -0.39 is 30.3 Å². The second-order valence-electron chi connectivity index (χ2n) is 2.97. The molecule has 0 fully saturated rings. The number of rotatable bonds is 4. The van der Waals surface area contributed by atoms with Crippen LogP contribution in [0.5, 0.6) is 0 Å². The van der Waals surface area contributed by atoms with Gasteiger partial charge in [-0.25, -0.2) is 18.2 Å². The average molecular weight is 254 g/mol. The van der Waals surface area contributed by atoms with Crippen LogP contribution in [0, 0.1) is 5.82 Å². The molecule has 0 aliphatic heterocycles. The van der Waals surface area contributed by atoms with Gasteiger partial charge >= 0.3 is 5.97 Å². The number of alkyl halides is 3. The molecule has 0 bridgehead atoms. The van der Waals surface area contributed by atoms with Crippen LogP contribution in [0.15, 0.2) is 6.07 Å². The Labute approximate surface area is 93.9 Å². The first kappa shape index (κ1) is 12.8. The predicted molar refractivity (Wildman–Crippen MR) is 50.0 cm³/mol. The Morgan fingerprint density at radius 1 is 1.56 bits per heavy atom. The van der Waals surface area contributed by atoms with Crippen LogP contribution in [0.25, 0.3) is 0 Å². The third kappa shape index (κ3) is 2.85. The zero-order valence-corrected chi connectivity index (χ0v) is 8.64. The van der Waals surface area contributed by atoms with Crippen molar-refractivity contribution in [1.82, 2.24) is 4.98 Å². The smallest absolute Gasteiger partial charge is 0.307 e. The highest BCUT2D eigenvalue weighted by Gasteiger charge is 2.19. The summed E-state index contributed by atoms with van der Waals surface area (Å²) in [7, 11) is 0. The van der Waals surface area contributed by atoms with Gasteiger partial charge < -0.3 is 5.11 Å². The van der Waals surface area contributed by atoms with Crippen molar-refractivity contribution in [3.8, 4) is 0 Å². The summed E-state index contributed by atoms with van der Waals surface area (Å²) in [5, 5.41) is 8.51. The van der Waals surface area contributed by atoms with Crippen molar-refractivity contribution in [2.45, 2.75) is 18.7 Å². The number of halogens is 4. The molecule has 0 aliphatic rings. The van der Waals surface area contributed by atoms with E-state index in [4.69, 9.17) is 16.7 Å². The highest BCUT2D eigenvalue weighted by Crippen LogP contribution is 2.23. The average Bonchev–Trinajstić information content (AvgIpc) is 2.16. The van der Waals surface area contributed by atoms with Crippen molar-refractivity contribution in [2.24, 2.45) is 0 Å². The van der Waals surface area contributed by atoms with Crippen LogP contribution < -0.4 is 0 Å². The van der Waals surface area contributed by atoms with E-state index in [2.05, 4.69) is 4.98 Å². The molecule has 0 unspecified atom stereocenters. The second-order valence-corrected chi connectivity index (χ2v) is 3.23. The van der Waals surface area contributed by atoms with Crippen LogP contribution in [0.4, 0.5) is 13.2 Å². The van der Waals surface area contributed by atoms with Crippen molar-refractivity contribution in [3.05, 3.63) is 28.8 Å². The molecule has 0 aromatic carbocycles. The van der Waals surface area contributed by atoms with Crippen LogP contribution in [0.1, 0.15) is 23.4 Å². The van der Waals surface area contributed by atoms with Gasteiger partial charge in [0.2, 0.25) is 0 Å². The maximum absolute atomic E-state index is 13.1. The Morgan fingerprint density at radius 2 is 2.19 bits per heavy atom. The van der Waals surface area contributed by atoms with Gasteiger partial charge in [0.1, 0.15) is 5.69 Å². The summed E-state index contributed by atoms with van der Waals surface area (Å²) in [6.45, 7) is 0. The number of pyridine rings is 1. The minimum absolute atomic E-state index is 0.00407. The summed E-state index contributed by atoms with van der Waals surface area (Å²) < 4.78 is 37.6. The predicted octanol–water partition coefficient (Wildman–Crippen LogP) is 2.52. The molecule has 1 aromatic rings. The van der Waals surface area contributed by atoms with E-state index >= 15 is 0 Å². The number of carbonyl (C=O) groups is 1. The lowest BCUT2D eigenvalue weighted by molar-refractivity contribution is -0.136. The zero-order valence-electron chi connectivity index (χ0n) is 7.88. The first-order valence-corrected chi connectivity index (χ1v) is 4.73. The summed E-state index contributed by atoms with van der Waals surface area (Å²) in [6.07, 6.45) is -3.56. The van der Waals surface area contributed by atoms with E-state index in [9.17, 15) is 18.0 Å². The van der Waals surface area contributed by atoms with Crippen LogP contribution in [-0.2, 0) is 17.1 Å². The monoisotopic (exact) mass is 253 g/mol. The van der Waals surface area contributed by atoms with Crippen molar-refractivity contribution in [2.75, 3.05) is 0 Å². The molecule has 0 radical (unpaired) electrons. The highest BCUT2D eigenvalue weighted by molar-refractivity contribution is 6.17. The Bertz CT molecular complexity index is 412. The molecule has 0 saturated heterocycles. The molecule has 16 heavy (non-hydrogen) atoms. The highest BCUT2D eigenvalue weighted by atomic mass is 35.5. The van der Waals surface area contributed by atoms with Gasteiger partial charge in [-0.2, -0.15) is 0 Å². The third-order valence-corrected chi connectivity index (χ3v) is 2.10. The molecule has 0 aliphatic carbocycles. The van der Waals surface area contributed by atoms with Gasteiger partial charge in [-0.15, -0.1) is 11.6 Å². The molecule has 0 amide bonds. The maximum atomic E-state index is 13.1. The first-order chi connectivity index (χ1) is 7.45. The molecule has 7 heteroatoms. The molecule has 1 aromatic heterocycles. The number of aromatic nitrogens is 1. The lowest BCUT2D eigenvalue weighted by Gasteiger charge is -2.08. The quantitative estimate of drug-likeness (QED) is 0.839. The molecular weight excluding hydrogens is 247 g/mol. The summed E-state index contributed by atoms with van der Waals surface area (Å²) in [4.78, 5) is 13.7. The van der Waals surface area contributed by atoms with Crippen molar-refractivity contribution >= 4 is 17.6 Å². The number of hydrogen-bond acceptors (Lipinski definition) is 2. The molecule has 0 atom stereocenters. The zero-order chi connectivity index (χ0) is 12.3. The van der Waals surface area contributed by atoms with E-state index in [1.807, 2.05) is 0 Å². The maximum Gasteiger partial charge on any atom is 0.307 e. The summed E-state index contributed by atoms with van der Waals surface area (Å²) in [6, 6.07) is 0.736. The molecule has 0 spiro atoms. The topological polar surface area (TPSA) is 50.2 Å². The van der Waals surface area contributed by atoms with Gasteiger partial charge in [-0.1, -0.05) is 0 Å². The number of carboxylic acid groups (broad SMARTS) is 1. The summed E-state index contributed by atoms with van der Waals surface area (Å²) in [5.74, 6) is -2.68. The molecule has 3 nitrogen and oxygen atoms in total. The van der Waals surface area contributed by atoms with Crippen LogP contribution in [0.2, 0.25) is 0 Å². The normalized spacial score (nSPS) is 10.8. The summed E-state index contributed by atoms with van der Waals surface area (Å²) in [5.41, 5.74) is -1.05. The van der Waals surface area contributed by atoms with Crippen molar-refractivity contribution in [3.63, 3.8) is 0 Å². The largest absolute Gasteiger partial charge is 0.481 e. The fourth-order valence-corrected chi connectivity index (χ4v) is 1.40. The number of aliphatic carboxylic acids is 1. The lowest BCUT2D eigenvalue weighted by atomic mass is 10.1. The molecule has 1 rings (SSSR count). The van der Waals surface area contributed by atoms with E-state index in [1.54, 1.807) is 0 Å². The molecule has 0 saturated carbocycles. The molecular formula is C9H7ClF3NO2. The Balaban J connectivity index is 3.20. The Hall–Kier alpha value is -1.30. The van der Waals surface area contributed by atoms with Crippen molar-refractivity contribution < 1.29 is 23.1 Å². The van der Waals surface area contributed by atoms with Crippen LogP contribution in [-0.4, -0.2) is 16.1 Å². The fraction of sp³-hybridized carbons (Fsp3) is 0.333. The van der Waals surface area contributed by atoms with Crippen LogP contribution in [0.3, 0.4) is 0 Å². The van der Waals surface area contributed by atoms with E-state index in [0.29, 0.717) is 0 Å². The fourth-order valence-electron chi connectivity index (χ4n) is 1.17. The van der Waals surface area contributed by atoms with E-state index in [1.165, 1.54) is 0 Å². The Morgan fingerprint density at radius 3 is 2.62 bits per heavy atom. The number of nitrogens with zero attached hydrogens (tertiary/aromatic N) is 1. The number of carboxylic acids is 1. The van der Waals surface area contributed by atoms with E-state index in [-0.39, 0.29) is 17.1 Å². The molecule has 88 valence electrons. The third-order valence-electron chi connectivity index (χ3n) is 1.85. The number of hydrogen-bond donors (Lipinski definition) is 1. The Kier molecular flexibility index (Phi) is 4.12. The second kappa shape index (κ2) is 5.16. The van der Waals surface area contributed by atoms with Gasteiger partial charge in [-0.05, 0) is 11.6 Å². The van der Waals surface area contributed by atoms with Gasteiger partial charge in [0.25, 0.3) is 6.43 Å². The molecule has 1 N–H and O–H groups in total. The van der Waals surface area contributed by atoms with Crippen molar-refractivity contribution in [1.29, 1.82) is 0 Å².